The van der Waals surface area contributed by atoms with Gasteiger partial charge in [-0.15, -0.1) is 0 Å². The number of allylic oxidation sites excluding steroid dienone is 1. The standard InChI is InChI=1S/C12H13NO/c14-12-7-4-8-13(10-12)9-11-5-2-1-3-6-11/h1-6,8H,7,9-10H2. The van der Waals surface area contributed by atoms with E-state index in [1.54, 1.807) is 0 Å². The predicted molar refractivity (Wildman–Crippen MR) is 55.6 cm³/mol. The van der Waals surface area contributed by atoms with Crippen LogP contribution in [0.2, 0.25) is 0 Å². The van der Waals surface area contributed by atoms with E-state index in [1.807, 2.05) is 35.4 Å². The van der Waals surface area contributed by atoms with Gasteiger partial charge in [-0.2, -0.15) is 0 Å². The molecule has 0 saturated carbocycles. The molecule has 0 N–H and O–H groups in total. The van der Waals surface area contributed by atoms with Gasteiger partial charge in [-0.05, 0) is 11.8 Å². The van der Waals surface area contributed by atoms with Crippen LogP contribution in [0.1, 0.15) is 12.0 Å². The highest BCUT2D eigenvalue weighted by Gasteiger charge is 2.10. The second-order valence-electron chi connectivity index (χ2n) is 3.52. The molecule has 2 rings (SSSR count). The summed E-state index contributed by atoms with van der Waals surface area (Å²) in [6.45, 7) is 1.37. The molecule has 2 nitrogen and oxygen atoms in total. The summed E-state index contributed by atoms with van der Waals surface area (Å²) in [6.07, 6.45) is 4.52. The van der Waals surface area contributed by atoms with Crippen molar-refractivity contribution in [3.63, 3.8) is 0 Å². The molecule has 0 aromatic heterocycles. The quantitative estimate of drug-likeness (QED) is 0.705. The number of nitrogens with zero attached hydrogens (tertiary/aromatic N) is 1. The van der Waals surface area contributed by atoms with Crippen LogP contribution in [0.3, 0.4) is 0 Å². The average Bonchev–Trinajstić information content (AvgIpc) is 2.19. The summed E-state index contributed by atoms with van der Waals surface area (Å²) in [7, 11) is 0. The summed E-state index contributed by atoms with van der Waals surface area (Å²) in [4.78, 5) is 13.2. The van der Waals surface area contributed by atoms with E-state index in [2.05, 4.69) is 12.1 Å². The molecular formula is C12H13NO. The monoisotopic (exact) mass is 187 g/mol. The average molecular weight is 187 g/mol. The molecule has 1 aliphatic heterocycles. The first-order valence-corrected chi connectivity index (χ1v) is 4.81. The number of benzene rings is 1. The highest BCUT2D eigenvalue weighted by molar-refractivity contribution is 5.82. The fourth-order valence-electron chi connectivity index (χ4n) is 1.60. The maximum atomic E-state index is 11.2. The highest BCUT2D eigenvalue weighted by Crippen LogP contribution is 2.08. The Kier molecular flexibility index (Phi) is 2.63. The normalized spacial score (nSPS) is 16.0. The molecule has 1 heterocycles. The number of rotatable bonds is 2. The zero-order chi connectivity index (χ0) is 9.80. The van der Waals surface area contributed by atoms with Crippen LogP contribution in [-0.2, 0) is 11.3 Å². The molecule has 0 unspecified atom stereocenters. The lowest BCUT2D eigenvalue weighted by atomic mass is 10.1. The number of Topliss-reactive ketones (excluding diaryl/α,β-unsaturated/α-hetero) is 1. The lowest BCUT2D eigenvalue weighted by molar-refractivity contribution is -0.119. The van der Waals surface area contributed by atoms with Gasteiger partial charge in [0.25, 0.3) is 0 Å². The molecule has 2 heteroatoms. The number of carbonyl (C=O) groups excluding carboxylic acids is 1. The topological polar surface area (TPSA) is 20.3 Å². The van der Waals surface area contributed by atoms with Crippen LogP contribution in [0.4, 0.5) is 0 Å². The third-order valence-electron chi connectivity index (χ3n) is 2.27. The fourth-order valence-corrected chi connectivity index (χ4v) is 1.60. The van der Waals surface area contributed by atoms with Crippen molar-refractivity contribution < 1.29 is 4.79 Å². The lowest BCUT2D eigenvalue weighted by Gasteiger charge is -2.22. The first kappa shape index (κ1) is 9.00. The van der Waals surface area contributed by atoms with Crippen molar-refractivity contribution in [1.29, 1.82) is 0 Å². The fraction of sp³-hybridized carbons (Fsp3) is 0.250. The zero-order valence-electron chi connectivity index (χ0n) is 8.02. The largest absolute Gasteiger partial charge is 0.366 e. The van der Waals surface area contributed by atoms with Gasteiger partial charge in [0, 0.05) is 13.0 Å². The van der Waals surface area contributed by atoms with Crippen LogP contribution in [-0.4, -0.2) is 17.2 Å². The van der Waals surface area contributed by atoms with Gasteiger partial charge >= 0.3 is 0 Å². The summed E-state index contributed by atoms with van der Waals surface area (Å²) in [5, 5.41) is 0. The summed E-state index contributed by atoms with van der Waals surface area (Å²) in [5.41, 5.74) is 1.24. The third-order valence-corrected chi connectivity index (χ3v) is 2.27. The molecule has 0 fully saturated rings. The zero-order valence-corrected chi connectivity index (χ0v) is 8.02. The van der Waals surface area contributed by atoms with Crippen LogP contribution in [0.15, 0.2) is 42.6 Å². The molecule has 1 aliphatic rings. The van der Waals surface area contributed by atoms with E-state index < -0.39 is 0 Å². The SMILES string of the molecule is O=C1CC=CN(Cc2ccccc2)C1. The molecule has 0 aliphatic carbocycles. The minimum Gasteiger partial charge on any atom is -0.366 e. The summed E-state index contributed by atoms with van der Waals surface area (Å²) in [5.74, 6) is 0.295. The molecule has 0 amide bonds. The van der Waals surface area contributed by atoms with Gasteiger partial charge in [0.2, 0.25) is 0 Å². The summed E-state index contributed by atoms with van der Waals surface area (Å²) < 4.78 is 0. The molecule has 14 heavy (non-hydrogen) atoms. The van der Waals surface area contributed by atoms with Gasteiger partial charge < -0.3 is 4.90 Å². The van der Waals surface area contributed by atoms with Crippen LogP contribution < -0.4 is 0 Å². The Morgan fingerprint density at radius 1 is 1.21 bits per heavy atom. The summed E-state index contributed by atoms with van der Waals surface area (Å²) >= 11 is 0. The second kappa shape index (κ2) is 4.09. The van der Waals surface area contributed by atoms with Crippen LogP contribution in [0.25, 0.3) is 0 Å². The minimum absolute atomic E-state index is 0.295. The Labute approximate surface area is 83.8 Å². The number of hydrogen-bond acceptors (Lipinski definition) is 2. The van der Waals surface area contributed by atoms with Crippen molar-refractivity contribution in [3.8, 4) is 0 Å². The molecule has 1 aromatic carbocycles. The maximum Gasteiger partial charge on any atom is 0.155 e. The van der Waals surface area contributed by atoms with E-state index >= 15 is 0 Å². The van der Waals surface area contributed by atoms with Gasteiger partial charge in [-0.3, -0.25) is 4.79 Å². The van der Waals surface area contributed by atoms with Crippen LogP contribution >= 0.6 is 0 Å². The first-order chi connectivity index (χ1) is 6.84. The van der Waals surface area contributed by atoms with E-state index in [9.17, 15) is 4.79 Å². The van der Waals surface area contributed by atoms with Crippen LogP contribution in [0.5, 0.6) is 0 Å². The van der Waals surface area contributed by atoms with E-state index in [4.69, 9.17) is 0 Å². The highest BCUT2D eigenvalue weighted by atomic mass is 16.1. The molecule has 1 aromatic rings. The van der Waals surface area contributed by atoms with Gasteiger partial charge in [0.1, 0.15) is 0 Å². The minimum atomic E-state index is 0.295. The first-order valence-electron chi connectivity index (χ1n) is 4.81. The molecule has 72 valence electrons. The maximum absolute atomic E-state index is 11.2. The predicted octanol–water partition coefficient (Wildman–Crippen LogP) is 1.98. The molecule has 0 bridgehead atoms. The molecule has 0 atom stereocenters. The second-order valence-corrected chi connectivity index (χ2v) is 3.52. The van der Waals surface area contributed by atoms with E-state index in [0.29, 0.717) is 18.7 Å². The smallest absolute Gasteiger partial charge is 0.155 e. The summed E-state index contributed by atoms with van der Waals surface area (Å²) in [6, 6.07) is 10.2. The Bertz CT molecular complexity index is 343. The number of carbonyl (C=O) groups is 1. The van der Waals surface area contributed by atoms with E-state index in [0.717, 1.165) is 6.54 Å². The van der Waals surface area contributed by atoms with Crippen molar-refractivity contribution in [1.82, 2.24) is 4.90 Å². The van der Waals surface area contributed by atoms with Crippen molar-refractivity contribution in [2.24, 2.45) is 0 Å². The van der Waals surface area contributed by atoms with Crippen molar-refractivity contribution in [3.05, 3.63) is 48.2 Å². The van der Waals surface area contributed by atoms with Crippen molar-refractivity contribution in [2.45, 2.75) is 13.0 Å². The Balaban J connectivity index is 2.01. The van der Waals surface area contributed by atoms with Gasteiger partial charge in [0.15, 0.2) is 5.78 Å². The van der Waals surface area contributed by atoms with Crippen LogP contribution in [0, 0.1) is 0 Å². The van der Waals surface area contributed by atoms with Gasteiger partial charge in [0.05, 0.1) is 6.54 Å². The number of ketones is 1. The van der Waals surface area contributed by atoms with Gasteiger partial charge in [-0.1, -0.05) is 36.4 Å². The number of hydrogen-bond donors (Lipinski definition) is 0. The molecule has 0 radical (unpaired) electrons. The Hall–Kier alpha value is -1.57. The van der Waals surface area contributed by atoms with E-state index in [1.165, 1.54) is 5.56 Å². The van der Waals surface area contributed by atoms with Crippen molar-refractivity contribution in [2.75, 3.05) is 6.54 Å². The molecule has 0 spiro atoms. The van der Waals surface area contributed by atoms with E-state index in [-0.39, 0.29) is 0 Å². The lowest BCUT2D eigenvalue weighted by Crippen LogP contribution is -2.27. The van der Waals surface area contributed by atoms with Gasteiger partial charge in [-0.25, -0.2) is 0 Å². The molecule has 0 saturated heterocycles. The van der Waals surface area contributed by atoms with Crippen molar-refractivity contribution >= 4 is 5.78 Å². The Morgan fingerprint density at radius 3 is 2.71 bits per heavy atom. The Morgan fingerprint density at radius 2 is 2.00 bits per heavy atom. The molecular weight excluding hydrogens is 174 g/mol. The third kappa shape index (κ3) is 2.22.